The molecule has 0 atom stereocenters. The minimum atomic E-state index is -0.680. The molecule has 4 rings (SSSR count). The standard InChI is InChI=1S/C20H20F2N4O/c1-13-19(20(12-23)6-7-20)24-11-18(25-13)26-8-4-15(5-9-26)27-17-3-2-14(21)10-16(17)22/h2-3,10-11,15H,4-9H2,1H3. The number of nitrogens with zero attached hydrogens (tertiary/aromatic N) is 4. The lowest BCUT2D eigenvalue weighted by Gasteiger charge is -2.33. The van der Waals surface area contributed by atoms with E-state index >= 15 is 0 Å². The van der Waals surface area contributed by atoms with Crippen LogP contribution in [0.2, 0.25) is 0 Å². The van der Waals surface area contributed by atoms with E-state index in [1.54, 1.807) is 6.20 Å². The van der Waals surface area contributed by atoms with Crippen molar-refractivity contribution in [3.63, 3.8) is 0 Å². The molecule has 1 aromatic heterocycles. The van der Waals surface area contributed by atoms with E-state index in [1.807, 2.05) is 6.92 Å². The van der Waals surface area contributed by atoms with Gasteiger partial charge in [-0.25, -0.2) is 13.8 Å². The Balaban J connectivity index is 1.39. The van der Waals surface area contributed by atoms with Crippen molar-refractivity contribution < 1.29 is 13.5 Å². The highest BCUT2D eigenvalue weighted by Crippen LogP contribution is 2.47. The molecule has 2 aliphatic rings. The molecule has 5 nitrogen and oxygen atoms in total. The average molecular weight is 370 g/mol. The number of nitriles is 1. The minimum Gasteiger partial charge on any atom is -0.487 e. The Morgan fingerprint density at radius 1 is 1.26 bits per heavy atom. The molecule has 0 amide bonds. The zero-order chi connectivity index (χ0) is 19.0. The van der Waals surface area contributed by atoms with Gasteiger partial charge in [0, 0.05) is 32.0 Å². The number of halogens is 2. The molecule has 2 heterocycles. The summed E-state index contributed by atoms with van der Waals surface area (Å²) in [6.45, 7) is 3.32. The minimum absolute atomic E-state index is 0.0843. The highest BCUT2D eigenvalue weighted by molar-refractivity contribution is 5.43. The fourth-order valence-corrected chi connectivity index (χ4v) is 3.57. The number of hydrogen-bond donors (Lipinski definition) is 0. The second kappa shape index (κ2) is 6.76. The number of benzene rings is 1. The molecule has 27 heavy (non-hydrogen) atoms. The number of piperidine rings is 1. The maximum Gasteiger partial charge on any atom is 0.167 e. The van der Waals surface area contributed by atoms with Crippen LogP contribution in [0.15, 0.2) is 24.4 Å². The lowest BCUT2D eigenvalue weighted by atomic mass is 10.0. The number of hydrogen-bond acceptors (Lipinski definition) is 5. The van der Waals surface area contributed by atoms with Gasteiger partial charge in [0.2, 0.25) is 0 Å². The quantitative estimate of drug-likeness (QED) is 0.822. The third kappa shape index (κ3) is 3.44. The number of aromatic nitrogens is 2. The summed E-state index contributed by atoms with van der Waals surface area (Å²) in [5, 5.41) is 9.35. The van der Waals surface area contributed by atoms with Crippen LogP contribution in [0.25, 0.3) is 0 Å². The second-order valence-corrected chi connectivity index (χ2v) is 7.24. The van der Waals surface area contributed by atoms with Crippen LogP contribution < -0.4 is 9.64 Å². The van der Waals surface area contributed by atoms with E-state index in [0.717, 1.165) is 36.1 Å². The van der Waals surface area contributed by atoms with Crippen LogP contribution in [0.4, 0.5) is 14.6 Å². The van der Waals surface area contributed by atoms with Crippen molar-refractivity contribution in [2.45, 2.75) is 44.1 Å². The smallest absolute Gasteiger partial charge is 0.167 e. The zero-order valence-corrected chi connectivity index (χ0v) is 15.1. The molecule has 0 radical (unpaired) electrons. The van der Waals surface area contributed by atoms with Crippen molar-refractivity contribution in [2.75, 3.05) is 18.0 Å². The van der Waals surface area contributed by atoms with Gasteiger partial charge in [0.25, 0.3) is 0 Å². The lowest BCUT2D eigenvalue weighted by Crippen LogP contribution is -2.39. The molecule has 2 fully saturated rings. The largest absolute Gasteiger partial charge is 0.487 e. The Morgan fingerprint density at radius 3 is 2.59 bits per heavy atom. The molecule has 7 heteroatoms. The summed E-state index contributed by atoms with van der Waals surface area (Å²) in [4.78, 5) is 11.3. The molecule has 1 saturated heterocycles. The summed E-state index contributed by atoms with van der Waals surface area (Å²) in [7, 11) is 0. The first-order valence-corrected chi connectivity index (χ1v) is 9.13. The van der Waals surface area contributed by atoms with Gasteiger partial charge in [-0.3, -0.25) is 4.98 Å². The van der Waals surface area contributed by atoms with Crippen molar-refractivity contribution in [3.8, 4) is 11.8 Å². The molecule has 0 N–H and O–H groups in total. The van der Waals surface area contributed by atoms with Gasteiger partial charge in [0.1, 0.15) is 23.2 Å². The van der Waals surface area contributed by atoms with E-state index in [0.29, 0.717) is 25.9 Å². The normalized spacial score (nSPS) is 18.8. The number of anilines is 1. The van der Waals surface area contributed by atoms with Crippen LogP contribution in [-0.4, -0.2) is 29.2 Å². The molecule has 0 spiro atoms. The summed E-state index contributed by atoms with van der Waals surface area (Å²) in [6.07, 6.45) is 4.73. The molecule has 0 unspecified atom stereocenters. The topological polar surface area (TPSA) is 62.0 Å². The first kappa shape index (κ1) is 17.7. The fourth-order valence-electron chi connectivity index (χ4n) is 3.57. The summed E-state index contributed by atoms with van der Waals surface area (Å²) in [6, 6.07) is 5.71. The van der Waals surface area contributed by atoms with E-state index in [9.17, 15) is 14.0 Å². The maximum absolute atomic E-state index is 13.7. The number of ether oxygens (including phenoxy) is 1. The van der Waals surface area contributed by atoms with E-state index in [1.165, 1.54) is 12.1 Å². The third-order valence-corrected chi connectivity index (χ3v) is 5.30. The van der Waals surface area contributed by atoms with Crippen LogP contribution >= 0.6 is 0 Å². The molecular formula is C20H20F2N4O. The molecule has 1 aromatic carbocycles. The molecular weight excluding hydrogens is 350 g/mol. The Bertz CT molecular complexity index is 899. The first-order valence-electron chi connectivity index (χ1n) is 9.13. The Morgan fingerprint density at radius 2 is 2.00 bits per heavy atom. The predicted octanol–water partition coefficient (Wildman–Crippen LogP) is 3.67. The van der Waals surface area contributed by atoms with Crippen molar-refractivity contribution >= 4 is 5.82 Å². The molecule has 140 valence electrons. The number of rotatable bonds is 4. The monoisotopic (exact) mass is 370 g/mol. The summed E-state index contributed by atoms with van der Waals surface area (Å²) in [5.74, 6) is -0.421. The molecule has 2 aromatic rings. The van der Waals surface area contributed by atoms with E-state index < -0.39 is 17.0 Å². The van der Waals surface area contributed by atoms with Gasteiger partial charge in [0.15, 0.2) is 11.6 Å². The van der Waals surface area contributed by atoms with E-state index in [-0.39, 0.29) is 11.9 Å². The average Bonchev–Trinajstić information content (AvgIpc) is 3.45. The molecule has 0 bridgehead atoms. The third-order valence-electron chi connectivity index (χ3n) is 5.30. The Labute approximate surface area is 156 Å². The highest BCUT2D eigenvalue weighted by atomic mass is 19.1. The van der Waals surface area contributed by atoms with Gasteiger partial charge in [-0.05, 0) is 31.9 Å². The summed E-state index contributed by atoms with van der Waals surface area (Å²) < 4.78 is 32.4. The van der Waals surface area contributed by atoms with Crippen molar-refractivity contribution in [1.29, 1.82) is 5.26 Å². The van der Waals surface area contributed by atoms with Crippen LogP contribution in [0, 0.1) is 29.9 Å². The SMILES string of the molecule is Cc1nc(N2CCC(Oc3ccc(F)cc3F)CC2)cnc1C1(C#N)CC1. The maximum atomic E-state index is 13.7. The first-order chi connectivity index (χ1) is 13.0. The van der Waals surface area contributed by atoms with E-state index in [4.69, 9.17) is 4.74 Å². The van der Waals surface area contributed by atoms with Crippen LogP contribution in [-0.2, 0) is 5.41 Å². The van der Waals surface area contributed by atoms with Gasteiger partial charge >= 0.3 is 0 Å². The zero-order valence-electron chi connectivity index (χ0n) is 15.1. The van der Waals surface area contributed by atoms with Crippen molar-refractivity contribution in [2.24, 2.45) is 0 Å². The second-order valence-electron chi connectivity index (χ2n) is 7.24. The molecule has 1 saturated carbocycles. The van der Waals surface area contributed by atoms with Gasteiger partial charge in [-0.2, -0.15) is 5.26 Å². The Hall–Kier alpha value is -2.75. The summed E-state index contributed by atoms with van der Waals surface area (Å²) >= 11 is 0. The van der Waals surface area contributed by atoms with Crippen molar-refractivity contribution in [3.05, 3.63) is 47.4 Å². The van der Waals surface area contributed by atoms with Crippen LogP contribution in [0.1, 0.15) is 37.1 Å². The van der Waals surface area contributed by atoms with Gasteiger partial charge < -0.3 is 9.64 Å². The van der Waals surface area contributed by atoms with E-state index in [2.05, 4.69) is 20.9 Å². The van der Waals surface area contributed by atoms with Crippen LogP contribution in [0.3, 0.4) is 0 Å². The lowest BCUT2D eigenvalue weighted by molar-refractivity contribution is 0.163. The summed E-state index contributed by atoms with van der Waals surface area (Å²) in [5.41, 5.74) is 1.16. The van der Waals surface area contributed by atoms with Gasteiger partial charge in [0.05, 0.1) is 23.7 Å². The number of aryl methyl sites for hydroxylation is 1. The van der Waals surface area contributed by atoms with Crippen molar-refractivity contribution in [1.82, 2.24) is 9.97 Å². The van der Waals surface area contributed by atoms with Gasteiger partial charge in [-0.1, -0.05) is 0 Å². The molecule has 1 aliphatic heterocycles. The van der Waals surface area contributed by atoms with Gasteiger partial charge in [-0.15, -0.1) is 0 Å². The molecule has 1 aliphatic carbocycles. The Kier molecular flexibility index (Phi) is 4.42. The van der Waals surface area contributed by atoms with Crippen LogP contribution in [0.5, 0.6) is 5.75 Å². The highest BCUT2D eigenvalue weighted by Gasteiger charge is 2.47. The predicted molar refractivity (Wildman–Crippen MR) is 95.5 cm³/mol. The fraction of sp³-hybridized carbons (Fsp3) is 0.450.